The van der Waals surface area contributed by atoms with Crippen LogP contribution in [-0.2, 0) is 0 Å². The largest absolute Gasteiger partial charge is 0.374 e. The van der Waals surface area contributed by atoms with Crippen molar-refractivity contribution in [3.63, 3.8) is 0 Å². The lowest BCUT2D eigenvalue weighted by Gasteiger charge is -2.27. The Hall–Kier alpha value is -0.500. The Labute approximate surface area is 82.2 Å². The van der Waals surface area contributed by atoms with Crippen molar-refractivity contribution in [3.05, 3.63) is 12.3 Å². The minimum Gasteiger partial charge on any atom is -0.374 e. The van der Waals surface area contributed by atoms with Crippen molar-refractivity contribution < 1.29 is 0 Å². The van der Waals surface area contributed by atoms with Crippen LogP contribution in [0.3, 0.4) is 0 Å². The van der Waals surface area contributed by atoms with Gasteiger partial charge in [-0.25, -0.2) is 0 Å². The molecule has 0 saturated carbocycles. The van der Waals surface area contributed by atoms with E-state index < -0.39 is 0 Å². The van der Waals surface area contributed by atoms with Crippen LogP contribution in [0.15, 0.2) is 12.3 Å². The molecule has 1 heterocycles. The van der Waals surface area contributed by atoms with Crippen molar-refractivity contribution in [2.75, 3.05) is 19.6 Å². The van der Waals surface area contributed by atoms with E-state index in [9.17, 15) is 0 Å². The van der Waals surface area contributed by atoms with E-state index >= 15 is 0 Å². The SMILES string of the molecule is CC(C)N1C=CCN(C(C)C)CC1. The van der Waals surface area contributed by atoms with E-state index in [1.807, 2.05) is 0 Å². The first kappa shape index (κ1) is 10.6. The van der Waals surface area contributed by atoms with E-state index in [4.69, 9.17) is 0 Å². The topological polar surface area (TPSA) is 6.48 Å². The molecular formula is C11H22N2. The summed E-state index contributed by atoms with van der Waals surface area (Å²) in [6.07, 6.45) is 4.51. The van der Waals surface area contributed by atoms with E-state index in [1.54, 1.807) is 0 Å². The molecule has 0 radical (unpaired) electrons. The fraction of sp³-hybridized carbons (Fsp3) is 0.818. The molecule has 0 spiro atoms. The summed E-state index contributed by atoms with van der Waals surface area (Å²) in [5, 5.41) is 0. The van der Waals surface area contributed by atoms with Crippen LogP contribution in [0, 0.1) is 0 Å². The van der Waals surface area contributed by atoms with E-state index in [2.05, 4.69) is 49.8 Å². The predicted octanol–water partition coefficient (Wildman–Crippen LogP) is 1.93. The predicted molar refractivity (Wildman–Crippen MR) is 57.7 cm³/mol. The van der Waals surface area contributed by atoms with Crippen molar-refractivity contribution >= 4 is 0 Å². The molecule has 2 nitrogen and oxygen atoms in total. The van der Waals surface area contributed by atoms with Gasteiger partial charge in [0.1, 0.15) is 0 Å². The number of hydrogen-bond donors (Lipinski definition) is 0. The van der Waals surface area contributed by atoms with Gasteiger partial charge >= 0.3 is 0 Å². The van der Waals surface area contributed by atoms with Crippen molar-refractivity contribution in [1.82, 2.24) is 9.80 Å². The molecule has 0 aliphatic carbocycles. The van der Waals surface area contributed by atoms with Crippen LogP contribution in [0.25, 0.3) is 0 Å². The molecule has 0 amide bonds. The van der Waals surface area contributed by atoms with Gasteiger partial charge in [-0.15, -0.1) is 0 Å². The van der Waals surface area contributed by atoms with Gasteiger partial charge in [0.15, 0.2) is 0 Å². The van der Waals surface area contributed by atoms with E-state index in [0.29, 0.717) is 12.1 Å². The highest BCUT2D eigenvalue weighted by atomic mass is 15.2. The Balaban J connectivity index is 2.48. The second-order valence-corrected chi connectivity index (χ2v) is 4.31. The van der Waals surface area contributed by atoms with Gasteiger partial charge in [0, 0.05) is 31.7 Å². The molecule has 0 bridgehead atoms. The molecule has 1 rings (SSSR count). The van der Waals surface area contributed by atoms with Crippen LogP contribution in [-0.4, -0.2) is 41.5 Å². The average Bonchev–Trinajstić information content (AvgIpc) is 2.27. The molecule has 0 aromatic heterocycles. The maximum atomic E-state index is 2.50. The van der Waals surface area contributed by atoms with Crippen LogP contribution >= 0.6 is 0 Å². The monoisotopic (exact) mass is 182 g/mol. The molecule has 13 heavy (non-hydrogen) atoms. The highest BCUT2D eigenvalue weighted by Gasteiger charge is 2.13. The van der Waals surface area contributed by atoms with E-state index in [1.165, 1.54) is 6.54 Å². The smallest absolute Gasteiger partial charge is 0.0303 e. The zero-order valence-electron chi connectivity index (χ0n) is 9.33. The maximum Gasteiger partial charge on any atom is 0.0303 e. The third-order valence-electron chi connectivity index (χ3n) is 2.68. The van der Waals surface area contributed by atoms with Gasteiger partial charge in [-0.05, 0) is 33.9 Å². The minimum atomic E-state index is 0.628. The van der Waals surface area contributed by atoms with E-state index in [-0.39, 0.29) is 0 Å². The normalized spacial score (nSPS) is 20.0. The molecule has 0 atom stereocenters. The van der Waals surface area contributed by atoms with Gasteiger partial charge in [0.25, 0.3) is 0 Å². The Morgan fingerprint density at radius 3 is 2.23 bits per heavy atom. The first-order valence-corrected chi connectivity index (χ1v) is 5.27. The van der Waals surface area contributed by atoms with Crippen LogP contribution in [0.5, 0.6) is 0 Å². The van der Waals surface area contributed by atoms with Crippen LogP contribution in [0.2, 0.25) is 0 Å². The van der Waals surface area contributed by atoms with Gasteiger partial charge in [0.2, 0.25) is 0 Å². The first-order valence-electron chi connectivity index (χ1n) is 5.27. The number of hydrogen-bond acceptors (Lipinski definition) is 2. The summed E-state index contributed by atoms with van der Waals surface area (Å²) in [6.45, 7) is 12.5. The Bertz CT molecular complexity index is 173. The lowest BCUT2D eigenvalue weighted by Crippen LogP contribution is -2.36. The van der Waals surface area contributed by atoms with Gasteiger partial charge in [-0.2, -0.15) is 0 Å². The second kappa shape index (κ2) is 4.66. The lowest BCUT2D eigenvalue weighted by atomic mass is 10.3. The highest BCUT2D eigenvalue weighted by Crippen LogP contribution is 2.07. The minimum absolute atomic E-state index is 0.628. The molecule has 1 aliphatic heterocycles. The fourth-order valence-corrected chi connectivity index (χ4v) is 1.63. The third-order valence-corrected chi connectivity index (χ3v) is 2.68. The molecule has 1 aliphatic rings. The summed E-state index contributed by atoms with van der Waals surface area (Å²) in [5.41, 5.74) is 0. The first-order chi connectivity index (χ1) is 6.11. The van der Waals surface area contributed by atoms with Crippen molar-refractivity contribution in [2.24, 2.45) is 0 Å². The molecule has 0 N–H and O–H groups in total. The fourth-order valence-electron chi connectivity index (χ4n) is 1.63. The van der Waals surface area contributed by atoms with E-state index in [0.717, 1.165) is 13.1 Å². The quantitative estimate of drug-likeness (QED) is 0.644. The van der Waals surface area contributed by atoms with Crippen molar-refractivity contribution in [3.8, 4) is 0 Å². The molecule has 0 unspecified atom stereocenters. The summed E-state index contributed by atoms with van der Waals surface area (Å²) in [6, 6.07) is 1.29. The molecular weight excluding hydrogens is 160 g/mol. The standard InChI is InChI=1S/C11H22N2/c1-10(2)12-6-5-7-13(9-8-12)11(3)4/h5-6,10-11H,7-9H2,1-4H3. The third kappa shape index (κ3) is 3.03. The van der Waals surface area contributed by atoms with Crippen LogP contribution < -0.4 is 0 Å². The Morgan fingerprint density at radius 2 is 1.69 bits per heavy atom. The molecule has 0 aromatic carbocycles. The summed E-state index contributed by atoms with van der Waals surface area (Å²) < 4.78 is 0. The van der Waals surface area contributed by atoms with Gasteiger partial charge in [-0.3, -0.25) is 4.90 Å². The molecule has 0 fully saturated rings. The number of nitrogens with zero attached hydrogens (tertiary/aromatic N) is 2. The highest BCUT2D eigenvalue weighted by molar-refractivity contribution is 4.91. The van der Waals surface area contributed by atoms with Gasteiger partial charge < -0.3 is 4.90 Å². The zero-order chi connectivity index (χ0) is 9.84. The molecule has 0 aromatic rings. The zero-order valence-corrected chi connectivity index (χ0v) is 9.33. The average molecular weight is 182 g/mol. The van der Waals surface area contributed by atoms with Crippen LogP contribution in [0.4, 0.5) is 0 Å². The Morgan fingerprint density at radius 1 is 1.00 bits per heavy atom. The van der Waals surface area contributed by atoms with Gasteiger partial charge in [0.05, 0.1) is 0 Å². The number of rotatable bonds is 2. The molecule has 2 heteroatoms. The Kier molecular flexibility index (Phi) is 3.79. The molecule has 76 valence electrons. The van der Waals surface area contributed by atoms with Gasteiger partial charge in [-0.1, -0.05) is 6.08 Å². The maximum absolute atomic E-state index is 2.50. The molecule has 0 saturated heterocycles. The second-order valence-electron chi connectivity index (χ2n) is 4.31. The van der Waals surface area contributed by atoms with Crippen molar-refractivity contribution in [2.45, 2.75) is 39.8 Å². The lowest BCUT2D eigenvalue weighted by molar-refractivity contribution is 0.215. The summed E-state index contributed by atoms with van der Waals surface area (Å²) in [5.74, 6) is 0. The summed E-state index contributed by atoms with van der Waals surface area (Å²) in [4.78, 5) is 4.90. The van der Waals surface area contributed by atoms with Crippen LogP contribution in [0.1, 0.15) is 27.7 Å². The summed E-state index contributed by atoms with van der Waals surface area (Å²) in [7, 11) is 0. The van der Waals surface area contributed by atoms with Crippen molar-refractivity contribution in [1.29, 1.82) is 0 Å². The summed E-state index contributed by atoms with van der Waals surface area (Å²) >= 11 is 0.